The monoisotopic (exact) mass is 254 g/mol. The number of halogens is 1. The van der Waals surface area contributed by atoms with Gasteiger partial charge in [-0.3, -0.25) is 4.79 Å². The van der Waals surface area contributed by atoms with Crippen LogP contribution in [0.3, 0.4) is 0 Å². The highest BCUT2D eigenvalue weighted by molar-refractivity contribution is 5.81. The fourth-order valence-electron chi connectivity index (χ4n) is 1.59. The predicted molar refractivity (Wildman–Crippen MR) is 68.0 cm³/mol. The average Bonchev–Trinajstić information content (AvgIpc) is 2.37. The van der Waals surface area contributed by atoms with Crippen LogP contribution < -0.4 is 15.4 Å². The van der Waals surface area contributed by atoms with Crippen LogP contribution in [0.15, 0.2) is 18.2 Å². The first-order valence-electron chi connectivity index (χ1n) is 5.80. The lowest BCUT2D eigenvalue weighted by Gasteiger charge is -2.19. The van der Waals surface area contributed by atoms with Crippen molar-refractivity contribution in [3.8, 4) is 5.75 Å². The molecule has 1 rings (SSSR count). The van der Waals surface area contributed by atoms with Gasteiger partial charge in [0.05, 0.1) is 19.2 Å². The molecule has 0 aliphatic heterocycles. The van der Waals surface area contributed by atoms with Crippen LogP contribution in [0.2, 0.25) is 0 Å². The highest BCUT2D eigenvalue weighted by Gasteiger charge is 2.17. The quantitative estimate of drug-likeness (QED) is 0.839. The number of amides is 1. The summed E-state index contributed by atoms with van der Waals surface area (Å²) in [4.78, 5) is 11.7. The summed E-state index contributed by atoms with van der Waals surface area (Å²) in [6.45, 7) is 3.54. The molecule has 100 valence electrons. The van der Waals surface area contributed by atoms with Crippen molar-refractivity contribution in [3.63, 3.8) is 0 Å². The third-order valence-corrected chi connectivity index (χ3v) is 2.84. The van der Waals surface area contributed by atoms with E-state index in [1.165, 1.54) is 19.2 Å². The maximum absolute atomic E-state index is 13.2. The van der Waals surface area contributed by atoms with E-state index in [0.717, 1.165) is 0 Å². The Morgan fingerprint density at radius 2 is 2.06 bits per heavy atom. The van der Waals surface area contributed by atoms with Crippen molar-refractivity contribution in [1.82, 2.24) is 10.6 Å². The molecule has 4 nitrogen and oxygen atoms in total. The van der Waals surface area contributed by atoms with E-state index >= 15 is 0 Å². The molecule has 0 bridgehead atoms. The molecule has 1 amide bonds. The summed E-state index contributed by atoms with van der Waals surface area (Å²) < 4.78 is 18.4. The molecular weight excluding hydrogens is 235 g/mol. The normalized spacial score (nSPS) is 13.8. The van der Waals surface area contributed by atoms with Gasteiger partial charge in [0.2, 0.25) is 5.91 Å². The molecule has 2 atom stereocenters. The molecule has 2 N–H and O–H groups in total. The number of rotatable bonds is 5. The van der Waals surface area contributed by atoms with E-state index < -0.39 is 0 Å². The first-order valence-corrected chi connectivity index (χ1v) is 5.80. The fraction of sp³-hybridized carbons (Fsp3) is 0.462. The van der Waals surface area contributed by atoms with Crippen molar-refractivity contribution in [2.75, 3.05) is 14.2 Å². The summed E-state index contributed by atoms with van der Waals surface area (Å²) in [7, 11) is 3.22. The van der Waals surface area contributed by atoms with Gasteiger partial charge in [-0.2, -0.15) is 0 Å². The predicted octanol–water partition coefficient (Wildman–Crippen LogP) is 1.62. The number of methoxy groups -OCH3 is 1. The van der Waals surface area contributed by atoms with Crippen molar-refractivity contribution in [3.05, 3.63) is 29.6 Å². The summed E-state index contributed by atoms with van der Waals surface area (Å²) >= 11 is 0. The Balaban J connectivity index is 2.86. The smallest absolute Gasteiger partial charge is 0.237 e. The average molecular weight is 254 g/mol. The van der Waals surface area contributed by atoms with Crippen LogP contribution >= 0.6 is 0 Å². The van der Waals surface area contributed by atoms with Gasteiger partial charge in [0.1, 0.15) is 11.6 Å². The lowest BCUT2D eigenvalue weighted by molar-refractivity contribution is -0.123. The van der Waals surface area contributed by atoms with E-state index in [2.05, 4.69) is 10.6 Å². The zero-order valence-corrected chi connectivity index (χ0v) is 11.1. The number of hydrogen-bond acceptors (Lipinski definition) is 3. The Labute approximate surface area is 107 Å². The molecule has 0 heterocycles. The van der Waals surface area contributed by atoms with Crippen molar-refractivity contribution < 1.29 is 13.9 Å². The second kappa shape index (κ2) is 6.35. The molecule has 1 aromatic carbocycles. The van der Waals surface area contributed by atoms with Crippen LogP contribution in [0.4, 0.5) is 4.39 Å². The molecule has 0 saturated carbocycles. The van der Waals surface area contributed by atoms with Crippen LogP contribution in [0.25, 0.3) is 0 Å². The molecule has 18 heavy (non-hydrogen) atoms. The van der Waals surface area contributed by atoms with E-state index in [4.69, 9.17) is 4.74 Å². The molecule has 0 spiro atoms. The second-order valence-electron chi connectivity index (χ2n) is 4.13. The van der Waals surface area contributed by atoms with Crippen molar-refractivity contribution >= 4 is 5.91 Å². The SMILES string of the molecule is CNC(C)C(=O)NC(C)c1cc(F)ccc1OC. The minimum absolute atomic E-state index is 0.142. The van der Waals surface area contributed by atoms with Gasteiger partial charge >= 0.3 is 0 Å². The van der Waals surface area contributed by atoms with E-state index in [-0.39, 0.29) is 23.8 Å². The fourth-order valence-corrected chi connectivity index (χ4v) is 1.59. The number of hydrogen-bond donors (Lipinski definition) is 2. The number of benzene rings is 1. The molecule has 0 aromatic heterocycles. The summed E-state index contributed by atoms with van der Waals surface area (Å²) in [5.41, 5.74) is 0.620. The zero-order chi connectivity index (χ0) is 13.7. The summed E-state index contributed by atoms with van der Waals surface area (Å²) in [5.74, 6) is 0.0613. The summed E-state index contributed by atoms with van der Waals surface area (Å²) in [6.07, 6.45) is 0. The molecule has 0 saturated heterocycles. The van der Waals surface area contributed by atoms with Crippen LogP contribution in [0.1, 0.15) is 25.5 Å². The maximum Gasteiger partial charge on any atom is 0.237 e. The highest BCUT2D eigenvalue weighted by atomic mass is 19.1. The standard InChI is InChI=1S/C13H19FN2O2/c1-8(16-13(17)9(2)15-3)11-7-10(14)5-6-12(11)18-4/h5-9,15H,1-4H3,(H,16,17). The molecular formula is C13H19FN2O2. The van der Waals surface area contributed by atoms with E-state index in [1.807, 2.05) is 0 Å². The van der Waals surface area contributed by atoms with E-state index in [0.29, 0.717) is 11.3 Å². The van der Waals surface area contributed by atoms with Gasteiger partial charge in [-0.15, -0.1) is 0 Å². The Bertz CT molecular complexity index is 423. The lowest BCUT2D eigenvalue weighted by Crippen LogP contribution is -2.41. The Kier molecular flexibility index (Phi) is 5.09. The van der Waals surface area contributed by atoms with Crippen molar-refractivity contribution in [1.29, 1.82) is 0 Å². The van der Waals surface area contributed by atoms with Gasteiger partial charge in [0.15, 0.2) is 0 Å². The Morgan fingerprint density at radius 3 is 2.61 bits per heavy atom. The minimum Gasteiger partial charge on any atom is -0.496 e. The highest BCUT2D eigenvalue weighted by Crippen LogP contribution is 2.25. The van der Waals surface area contributed by atoms with Crippen LogP contribution in [0.5, 0.6) is 5.75 Å². The topological polar surface area (TPSA) is 50.4 Å². The number of carbonyl (C=O) groups excluding carboxylic acids is 1. The number of nitrogens with one attached hydrogen (secondary N) is 2. The van der Waals surface area contributed by atoms with Crippen LogP contribution in [-0.2, 0) is 4.79 Å². The van der Waals surface area contributed by atoms with Crippen LogP contribution in [0, 0.1) is 5.82 Å². The first-order chi connectivity index (χ1) is 8.49. The summed E-state index contributed by atoms with van der Waals surface area (Å²) in [5, 5.41) is 5.64. The summed E-state index contributed by atoms with van der Waals surface area (Å²) in [6, 6.07) is 3.63. The van der Waals surface area contributed by atoms with Gasteiger partial charge in [-0.25, -0.2) is 4.39 Å². The molecule has 0 radical (unpaired) electrons. The molecule has 5 heteroatoms. The molecule has 1 aromatic rings. The van der Waals surface area contributed by atoms with Gasteiger partial charge in [-0.05, 0) is 39.1 Å². The lowest BCUT2D eigenvalue weighted by atomic mass is 10.1. The third-order valence-electron chi connectivity index (χ3n) is 2.84. The Hall–Kier alpha value is -1.62. The first kappa shape index (κ1) is 14.4. The molecule has 0 fully saturated rings. The molecule has 0 aliphatic carbocycles. The maximum atomic E-state index is 13.2. The molecule has 2 unspecified atom stereocenters. The van der Waals surface area contributed by atoms with Gasteiger partial charge in [0.25, 0.3) is 0 Å². The van der Waals surface area contributed by atoms with Crippen molar-refractivity contribution in [2.24, 2.45) is 0 Å². The third kappa shape index (κ3) is 3.43. The van der Waals surface area contributed by atoms with E-state index in [1.54, 1.807) is 27.0 Å². The second-order valence-corrected chi connectivity index (χ2v) is 4.13. The van der Waals surface area contributed by atoms with Gasteiger partial charge in [-0.1, -0.05) is 0 Å². The number of ether oxygens (including phenoxy) is 1. The number of carbonyl (C=O) groups is 1. The van der Waals surface area contributed by atoms with Crippen LogP contribution in [-0.4, -0.2) is 26.1 Å². The zero-order valence-electron chi connectivity index (χ0n) is 11.1. The largest absolute Gasteiger partial charge is 0.496 e. The number of likely N-dealkylation sites (N-methyl/N-ethyl adjacent to an activating group) is 1. The minimum atomic E-state index is -0.353. The van der Waals surface area contributed by atoms with Crippen molar-refractivity contribution in [2.45, 2.75) is 25.9 Å². The van der Waals surface area contributed by atoms with E-state index in [9.17, 15) is 9.18 Å². The van der Waals surface area contributed by atoms with Gasteiger partial charge < -0.3 is 15.4 Å². The van der Waals surface area contributed by atoms with Gasteiger partial charge in [0, 0.05) is 5.56 Å². The Morgan fingerprint density at radius 1 is 1.39 bits per heavy atom. The molecule has 0 aliphatic rings.